The summed E-state index contributed by atoms with van der Waals surface area (Å²) in [6.45, 7) is 2.18. The maximum absolute atomic E-state index is 12.4. The van der Waals surface area contributed by atoms with E-state index in [2.05, 4.69) is 10.6 Å². The summed E-state index contributed by atoms with van der Waals surface area (Å²) >= 11 is 0. The Morgan fingerprint density at radius 3 is 2.96 bits per heavy atom. The predicted molar refractivity (Wildman–Crippen MR) is 99.4 cm³/mol. The molecule has 0 fully saturated rings. The van der Waals surface area contributed by atoms with E-state index in [4.69, 9.17) is 14.2 Å². The second-order valence-corrected chi connectivity index (χ2v) is 6.07. The fourth-order valence-corrected chi connectivity index (χ4v) is 2.89. The Hall–Kier alpha value is -2.57. The number of carbonyl (C=O) groups is 1. The van der Waals surface area contributed by atoms with Crippen LogP contribution in [-0.4, -0.2) is 33.0 Å². The first-order chi connectivity index (χ1) is 12.8. The van der Waals surface area contributed by atoms with Crippen molar-refractivity contribution in [2.24, 2.45) is 0 Å². The highest BCUT2D eigenvalue weighted by Gasteiger charge is 2.22. The van der Waals surface area contributed by atoms with Crippen LogP contribution in [0.4, 0.5) is 10.5 Å². The lowest BCUT2D eigenvalue weighted by atomic mass is 10.0. The molecule has 1 aliphatic rings. The van der Waals surface area contributed by atoms with E-state index in [1.807, 2.05) is 48.5 Å². The van der Waals surface area contributed by atoms with Crippen LogP contribution in [0, 0.1) is 0 Å². The lowest BCUT2D eigenvalue weighted by Crippen LogP contribution is -2.35. The van der Waals surface area contributed by atoms with Gasteiger partial charge in [0.15, 0.2) is 0 Å². The molecule has 1 atom stereocenters. The Bertz CT molecular complexity index is 735. The van der Waals surface area contributed by atoms with Crippen LogP contribution in [0.1, 0.15) is 23.6 Å². The average molecular weight is 356 g/mol. The minimum absolute atomic E-state index is 0.0551. The standard InChI is InChI=1S/C20H24N2O4/c1-24-11-12-25-14-15-5-4-6-16(13-15)21-20(23)22-18-9-10-26-19-8-3-2-7-17(18)19/h2-8,13,18H,9-12,14H2,1H3,(H2,21,22,23). The molecule has 2 amide bonds. The molecule has 0 aromatic heterocycles. The van der Waals surface area contributed by atoms with E-state index in [9.17, 15) is 4.79 Å². The van der Waals surface area contributed by atoms with Gasteiger partial charge in [0.2, 0.25) is 0 Å². The number of nitrogens with one attached hydrogen (secondary N) is 2. The van der Waals surface area contributed by atoms with Crippen LogP contribution in [0.3, 0.4) is 0 Å². The summed E-state index contributed by atoms with van der Waals surface area (Å²) in [5.41, 5.74) is 2.74. The molecule has 1 aliphatic heterocycles. The average Bonchev–Trinajstić information content (AvgIpc) is 2.66. The van der Waals surface area contributed by atoms with Crippen molar-refractivity contribution < 1.29 is 19.0 Å². The minimum Gasteiger partial charge on any atom is -0.493 e. The van der Waals surface area contributed by atoms with Crippen LogP contribution in [0.2, 0.25) is 0 Å². The van der Waals surface area contributed by atoms with Crippen LogP contribution in [0.25, 0.3) is 0 Å². The van der Waals surface area contributed by atoms with Crippen LogP contribution in [0.15, 0.2) is 48.5 Å². The Morgan fingerprint density at radius 1 is 1.19 bits per heavy atom. The van der Waals surface area contributed by atoms with Crippen molar-refractivity contribution in [3.8, 4) is 5.75 Å². The fourth-order valence-electron chi connectivity index (χ4n) is 2.89. The molecule has 138 valence electrons. The number of carbonyl (C=O) groups excluding carboxylic acids is 1. The number of para-hydroxylation sites is 1. The van der Waals surface area contributed by atoms with Gasteiger partial charge in [-0.2, -0.15) is 0 Å². The lowest BCUT2D eigenvalue weighted by molar-refractivity contribution is 0.0617. The van der Waals surface area contributed by atoms with E-state index < -0.39 is 0 Å². The second kappa shape index (κ2) is 9.22. The molecular formula is C20H24N2O4. The molecule has 0 radical (unpaired) electrons. The molecule has 0 saturated heterocycles. The Kier molecular flexibility index (Phi) is 6.46. The van der Waals surface area contributed by atoms with Gasteiger partial charge in [0, 0.05) is 24.8 Å². The van der Waals surface area contributed by atoms with Crippen molar-refractivity contribution >= 4 is 11.7 Å². The van der Waals surface area contributed by atoms with E-state index >= 15 is 0 Å². The van der Waals surface area contributed by atoms with Crippen molar-refractivity contribution in [3.05, 3.63) is 59.7 Å². The highest BCUT2D eigenvalue weighted by molar-refractivity contribution is 5.89. The van der Waals surface area contributed by atoms with Crippen LogP contribution >= 0.6 is 0 Å². The number of hydrogen-bond acceptors (Lipinski definition) is 4. The molecule has 1 unspecified atom stereocenters. The molecule has 2 aromatic carbocycles. The summed E-state index contributed by atoms with van der Waals surface area (Å²) in [5.74, 6) is 0.833. The summed E-state index contributed by atoms with van der Waals surface area (Å²) in [7, 11) is 1.64. The number of anilines is 1. The molecule has 1 heterocycles. The van der Waals surface area contributed by atoms with Crippen LogP contribution in [0.5, 0.6) is 5.75 Å². The first-order valence-corrected chi connectivity index (χ1v) is 8.71. The van der Waals surface area contributed by atoms with Gasteiger partial charge in [-0.3, -0.25) is 0 Å². The fraction of sp³-hybridized carbons (Fsp3) is 0.350. The monoisotopic (exact) mass is 356 g/mol. The molecule has 2 aromatic rings. The number of urea groups is 1. The van der Waals surface area contributed by atoms with Gasteiger partial charge in [-0.25, -0.2) is 4.79 Å². The highest BCUT2D eigenvalue weighted by Crippen LogP contribution is 2.31. The third kappa shape index (κ3) is 4.97. The SMILES string of the molecule is COCCOCc1cccc(NC(=O)NC2CCOc3ccccc32)c1. The molecule has 26 heavy (non-hydrogen) atoms. The Labute approximate surface area is 153 Å². The second-order valence-electron chi connectivity index (χ2n) is 6.07. The Morgan fingerprint density at radius 2 is 2.08 bits per heavy atom. The molecule has 3 rings (SSSR count). The number of ether oxygens (including phenoxy) is 3. The van der Waals surface area contributed by atoms with Crippen molar-refractivity contribution in [1.82, 2.24) is 5.32 Å². The lowest BCUT2D eigenvalue weighted by Gasteiger charge is -2.26. The molecule has 6 nitrogen and oxygen atoms in total. The van der Waals surface area contributed by atoms with Crippen molar-refractivity contribution in [2.75, 3.05) is 32.2 Å². The predicted octanol–water partition coefficient (Wildman–Crippen LogP) is 3.49. The molecule has 2 N–H and O–H groups in total. The Balaban J connectivity index is 1.55. The van der Waals surface area contributed by atoms with Crippen molar-refractivity contribution in [3.63, 3.8) is 0 Å². The number of hydrogen-bond donors (Lipinski definition) is 2. The summed E-state index contributed by atoms with van der Waals surface area (Å²) in [6, 6.07) is 15.1. The summed E-state index contributed by atoms with van der Waals surface area (Å²) < 4.78 is 16.1. The van der Waals surface area contributed by atoms with Gasteiger partial charge in [0.05, 0.1) is 32.5 Å². The molecule has 6 heteroatoms. The largest absolute Gasteiger partial charge is 0.493 e. The summed E-state index contributed by atoms with van der Waals surface area (Å²) in [6.07, 6.45) is 0.748. The van der Waals surface area contributed by atoms with E-state index in [-0.39, 0.29) is 12.1 Å². The first kappa shape index (κ1) is 18.2. The van der Waals surface area contributed by atoms with Gasteiger partial charge in [-0.15, -0.1) is 0 Å². The van der Waals surface area contributed by atoms with E-state index in [1.54, 1.807) is 7.11 Å². The maximum Gasteiger partial charge on any atom is 0.319 e. The van der Waals surface area contributed by atoms with Gasteiger partial charge in [0.25, 0.3) is 0 Å². The van der Waals surface area contributed by atoms with Gasteiger partial charge in [-0.1, -0.05) is 30.3 Å². The van der Waals surface area contributed by atoms with Crippen molar-refractivity contribution in [1.29, 1.82) is 0 Å². The summed E-state index contributed by atoms with van der Waals surface area (Å²) in [4.78, 5) is 12.4. The molecular weight excluding hydrogens is 332 g/mol. The van der Waals surface area contributed by atoms with Gasteiger partial charge >= 0.3 is 6.03 Å². The quantitative estimate of drug-likeness (QED) is 0.745. The zero-order valence-electron chi connectivity index (χ0n) is 14.9. The summed E-state index contributed by atoms with van der Waals surface area (Å²) in [5, 5.41) is 5.92. The topological polar surface area (TPSA) is 68.8 Å². The van der Waals surface area contributed by atoms with Crippen molar-refractivity contribution in [2.45, 2.75) is 19.1 Å². The third-order valence-electron chi connectivity index (χ3n) is 4.15. The normalized spacial score (nSPS) is 15.7. The zero-order valence-corrected chi connectivity index (χ0v) is 14.9. The number of amides is 2. The van der Waals surface area contributed by atoms with Gasteiger partial charge in [0.1, 0.15) is 5.75 Å². The molecule has 0 saturated carbocycles. The first-order valence-electron chi connectivity index (χ1n) is 8.71. The van der Waals surface area contributed by atoms with Crippen LogP contribution in [-0.2, 0) is 16.1 Å². The number of methoxy groups -OCH3 is 1. The maximum atomic E-state index is 12.4. The third-order valence-corrected chi connectivity index (χ3v) is 4.15. The van der Waals surface area contributed by atoms with Crippen LogP contribution < -0.4 is 15.4 Å². The smallest absolute Gasteiger partial charge is 0.319 e. The highest BCUT2D eigenvalue weighted by atomic mass is 16.5. The molecule has 0 bridgehead atoms. The molecule has 0 aliphatic carbocycles. The number of fused-ring (bicyclic) bond motifs is 1. The van der Waals surface area contributed by atoms with Gasteiger partial charge < -0.3 is 24.8 Å². The number of rotatable bonds is 7. The number of benzene rings is 2. The minimum atomic E-state index is -0.232. The van der Waals surface area contributed by atoms with Gasteiger partial charge in [-0.05, 0) is 23.8 Å². The molecule has 0 spiro atoms. The van der Waals surface area contributed by atoms with E-state index in [0.717, 1.165) is 29.0 Å². The zero-order chi connectivity index (χ0) is 18.2. The van der Waals surface area contributed by atoms with E-state index in [1.165, 1.54) is 0 Å². The van der Waals surface area contributed by atoms with E-state index in [0.29, 0.717) is 26.4 Å².